The molecule has 0 radical (unpaired) electrons. The van der Waals surface area contributed by atoms with Crippen LogP contribution in [0, 0.1) is 0 Å². The van der Waals surface area contributed by atoms with Gasteiger partial charge in [0, 0.05) is 90.4 Å². The van der Waals surface area contributed by atoms with E-state index >= 15 is 0 Å². The van der Waals surface area contributed by atoms with Crippen LogP contribution in [0.3, 0.4) is 0 Å². The molecular weight excluding hydrogens is 781 g/mol. The summed E-state index contributed by atoms with van der Waals surface area (Å²) in [6, 6.07) is 70.4. The summed E-state index contributed by atoms with van der Waals surface area (Å²) in [4.78, 5) is 9.56. The van der Waals surface area contributed by atoms with Crippen LogP contribution < -0.4 is 0 Å². The Morgan fingerprint density at radius 2 is 0.531 bits per heavy atom. The maximum atomic E-state index is 4.78. The fraction of sp³-hybridized carbons (Fsp3) is 0. The van der Waals surface area contributed by atoms with Gasteiger partial charge in [-0.1, -0.05) is 109 Å². The maximum absolute atomic E-state index is 4.78. The molecule has 0 fully saturated rings. The van der Waals surface area contributed by atoms with Gasteiger partial charge in [0.2, 0.25) is 0 Å². The highest BCUT2D eigenvalue weighted by molar-refractivity contribution is 6.14. The van der Waals surface area contributed by atoms with Crippen LogP contribution in [0.25, 0.3) is 121 Å². The van der Waals surface area contributed by atoms with Gasteiger partial charge in [0.1, 0.15) is 0 Å². The van der Waals surface area contributed by atoms with E-state index in [1.165, 1.54) is 65.2 Å². The number of pyridine rings is 2. The molecule has 0 atom stereocenters. The molecule has 0 saturated heterocycles. The fourth-order valence-corrected chi connectivity index (χ4v) is 10.7. The van der Waals surface area contributed by atoms with E-state index in [1.807, 2.05) is 24.8 Å². The Bertz CT molecular complexity index is 3840. The molecule has 0 aliphatic heterocycles. The summed E-state index contributed by atoms with van der Waals surface area (Å²) in [5, 5.41) is 9.76. The first kappa shape index (κ1) is 34.9. The third-order valence-electron chi connectivity index (χ3n) is 13.4. The lowest BCUT2D eigenvalue weighted by molar-refractivity contribution is 1.13. The lowest BCUT2D eigenvalue weighted by Gasteiger charge is -2.18. The lowest BCUT2D eigenvalue weighted by Crippen LogP contribution is -2.02. The molecule has 0 aliphatic rings. The average molecular weight is 817 g/mol. The van der Waals surface area contributed by atoms with E-state index in [2.05, 4.69) is 212 Å². The van der Waals surface area contributed by atoms with Gasteiger partial charge in [-0.25, -0.2) is 0 Å². The highest BCUT2D eigenvalue weighted by atomic mass is 15.0. The molecule has 0 bridgehead atoms. The van der Waals surface area contributed by atoms with Gasteiger partial charge in [-0.2, -0.15) is 0 Å². The summed E-state index contributed by atoms with van der Waals surface area (Å²) in [6.07, 6.45) is 7.80. The summed E-state index contributed by atoms with van der Waals surface area (Å²) in [5.74, 6) is 0. The highest BCUT2D eigenvalue weighted by Crippen LogP contribution is 2.42. The van der Waals surface area contributed by atoms with Crippen molar-refractivity contribution in [3.8, 4) is 33.9 Å². The molecule has 6 heterocycles. The first-order chi connectivity index (χ1) is 31.8. The van der Waals surface area contributed by atoms with E-state index in [0.717, 1.165) is 55.9 Å². The van der Waals surface area contributed by atoms with Crippen molar-refractivity contribution in [1.29, 1.82) is 0 Å². The SMILES string of the molecule is c1ccc2c(c1)c1ccccc1n2-c1ccc2c(c1)c1ccccc1n2-c1ccncc1-c1cnccc1-n1c2ccccc2c2cc(-n3c4ccccc4c4ccccc43)ccc21. The molecule has 6 aromatic heterocycles. The second-order valence-corrected chi connectivity index (χ2v) is 16.6. The van der Waals surface area contributed by atoms with Crippen LogP contribution >= 0.6 is 0 Å². The van der Waals surface area contributed by atoms with Gasteiger partial charge in [0.15, 0.2) is 0 Å². The first-order valence-corrected chi connectivity index (χ1v) is 21.7. The van der Waals surface area contributed by atoms with Crippen molar-refractivity contribution in [2.24, 2.45) is 0 Å². The minimum atomic E-state index is 0.993. The highest BCUT2D eigenvalue weighted by Gasteiger charge is 2.22. The van der Waals surface area contributed by atoms with Crippen LogP contribution in [0.5, 0.6) is 0 Å². The number of rotatable bonds is 5. The molecule has 298 valence electrons. The van der Waals surface area contributed by atoms with Crippen molar-refractivity contribution in [2.75, 3.05) is 0 Å². The van der Waals surface area contributed by atoms with E-state index in [-0.39, 0.29) is 0 Å². The predicted octanol–water partition coefficient (Wildman–Crippen LogP) is 14.5. The molecule has 14 aromatic rings. The van der Waals surface area contributed by atoms with Crippen LogP contribution in [-0.2, 0) is 0 Å². The minimum absolute atomic E-state index is 0.993. The molecule has 6 nitrogen and oxygen atoms in total. The van der Waals surface area contributed by atoms with E-state index in [0.29, 0.717) is 0 Å². The quantitative estimate of drug-likeness (QED) is 0.174. The Morgan fingerprint density at radius 1 is 0.250 bits per heavy atom. The zero-order valence-corrected chi connectivity index (χ0v) is 34.5. The van der Waals surface area contributed by atoms with Crippen LogP contribution in [0.15, 0.2) is 219 Å². The number of nitrogens with zero attached hydrogens (tertiary/aromatic N) is 6. The number of fused-ring (bicyclic) bond motifs is 12. The standard InChI is InChI=1S/C58H36N6/c1-7-19-49-39(13-1)40-14-2-8-20-50(40)61(49)37-25-27-55-45(33-37)43-17-5-11-23-53(43)63(55)57-29-31-59-35-47(57)48-36-60-32-30-58(48)64-54-24-12-6-18-44(54)46-34-38(26-28-56(46)64)62-51-21-9-3-15-41(51)42-16-4-10-22-52(42)62/h1-36H. The van der Waals surface area contributed by atoms with Crippen molar-refractivity contribution in [1.82, 2.24) is 28.2 Å². The number of benzene rings is 8. The molecule has 0 saturated carbocycles. The molecule has 0 aliphatic carbocycles. The minimum Gasteiger partial charge on any atom is -0.309 e. The second kappa shape index (κ2) is 13.4. The summed E-state index contributed by atoms with van der Waals surface area (Å²) >= 11 is 0. The van der Waals surface area contributed by atoms with Gasteiger partial charge in [0.25, 0.3) is 0 Å². The Kier molecular flexibility index (Phi) is 7.30. The molecule has 8 aromatic carbocycles. The third kappa shape index (κ3) is 4.85. The van der Waals surface area contributed by atoms with E-state index < -0.39 is 0 Å². The molecule has 64 heavy (non-hydrogen) atoms. The number of para-hydroxylation sites is 6. The largest absolute Gasteiger partial charge is 0.309 e. The van der Waals surface area contributed by atoms with Crippen LogP contribution in [0.4, 0.5) is 0 Å². The van der Waals surface area contributed by atoms with Crippen LogP contribution in [0.2, 0.25) is 0 Å². The van der Waals surface area contributed by atoms with Crippen molar-refractivity contribution < 1.29 is 0 Å². The smallest absolute Gasteiger partial charge is 0.0572 e. The number of aromatic nitrogens is 6. The van der Waals surface area contributed by atoms with Gasteiger partial charge < -0.3 is 18.3 Å². The van der Waals surface area contributed by atoms with Crippen LogP contribution in [0.1, 0.15) is 0 Å². The van der Waals surface area contributed by atoms with Gasteiger partial charge in [-0.3, -0.25) is 9.97 Å². The van der Waals surface area contributed by atoms with Crippen molar-refractivity contribution >= 4 is 87.2 Å². The fourth-order valence-electron chi connectivity index (χ4n) is 10.7. The summed E-state index contributed by atoms with van der Waals surface area (Å²) < 4.78 is 9.59. The number of hydrogen-bond donors (Lipinski definition) is 0. The Morgan fingerprint density at radius 3 is 0.875 bits per heavy atom. The Hall–Kier alpha value is -8.74. The summed E-state index contributed by atoms with van der Waals surface area (Å²) in [7, 11) is 0. The molecule has 0 unspecified atom stereocenters. The van der Waals surface area contributed by atoms with E-state index in [4.69, 9.17) is 9.97 Å². The van der Waals surface area contributed by atoms with Gasteiger partial charge in [-0.15, -0.1) is 0 Å². The van der Waals surface area contributed by atoms with E-state index in [9.17, 15) is 0 Å². The molecular formula is C58H36N6. The van der Waals surface area contributed by atoms with E-state index in [1.54, 1.807) is 0 Å². The average Bonchev–Trinajstić information content (AvgIpc) is 4.09. The zero-order valence-electron chi connectivity index (χ0n) is 34.5. The van der Waals surface area contributed by atoms with Crippen molar-refractivity contribution in [3.05, 3.63) is 219 Å². The molecule has 0 amide bonds. The monoisotopic (exact) mass is 816 g/mol. The van der Waals surface area contributed by atoms with Crippen molar-refractivity contribution in [2.45, 2.75) is 0 Å². The topological polar surface area (TPSA) is 45.5 Å². The van der Waals surface area contributed by atoms with Gasteiger partial charge in [0.05, 0.1) is 55.5 Å². The summed E-state index contributed by atoms with van der Waals surface area (Å²) in [6.45, 7) is 0. The first-order valence-electron chi connectivity index (χ1n) is 21.7. The molecule has 14 rings (SSSR count). The van der Waals surface area contributed by atoms with Gasteiger partial charge in [-0.05, 0) is 84.9 Å². The van der Waals surface area contributed by atoms with Gasteiger partial charge >= 0.3 is 0 Å². The predicted molar refractivity (Wildman–Crippen MR) is 265 cm³/mol. The lowest BCUT2D eigenvalue weighted by atomic mass is 10.1. The Labute approximate surface area is 366 Å². The third-order valence-corrected chi connectivity index (χ3v) is 13.4. The second-order valence-electron chi connectivity index (χ2n) is 16.6. The summed E-state index contributed by atoms with van der Waals surface area (Å²) in [5.41, 5.74) is 15.6. The van der Waals surface area contributed by atoms with Crippen molar-refractivity contribution in [3.63, 3.8) is 0 Å². The zero-order chi connectivity index (χ0) is 41.9. The molecule has 0 N–H and O–H groups in total. The maximum Gasteiger partial charge on any atom is 0.0572 e. The number of hydrogen-bond acceptors (Lipinski definition) is 2. The normalized spacial score (nSPS) is 12.1. The molecule has 6 heteroatoms. The van der Waals surface area contributed by atoms with Crippen LogP contribution in [-0.4, -0.2) is 28.2 Å². The Balaban J connectivity index is 0.974. The molecule has 0 spiro atoms.